The van der Waals surface area contributed by atoms with Crippen molar-refractivity contribution in [2.45, 2.75) is 33.2 Å². The number of carbonyl (C=O) groups excluding carboxylic acids is 1. The number of aromatic amines is 1. The van der Waals surface area contributed by atoms with Crippen LogP contribution in [0.3, 0.4) is 0 Å². The lowest BCUT2D eigenvalue weighted by molar-refractivity contribution is -0.131. The number of piperazine rings is 1. The predicted octanol–water partition coefficient (Wildman–Crippen LogP) is 2.62. The number of rotatable bonds is 9. The number of carbonyl (C=O) groups is 1. The highest BCUT2D eigenvalue weighted by atomic mass is 16.5. The summed E-state index contributed by atoms with van der Waals surface area (Å²) in [6.07, 6.45) is 0.685. The minimum Gasteiger partial charge on any atom is -0.490 e. The Balaban J connectivity index is 1.40. The molecule has 3 aromatic rings. The predicted molar refractivity (Wildman–Crippen MR) is 136 cm³/mol. The van der Waals surface area contributed by atoms with Crippen LogP contribution in [-0.4, -0.2) is 59.8 Å². The van der Waals surface area contributed by atoms with E-state index in [2.05, 4.69) is 22.0 Å². The fourth-order valence-electron chi connectivity index (χ4n) is 4.40. The average Bonchev–Trinajstić information content (AvgIpc) is 2.87. The topological polar surface area (TPSA) is 96.9 Å². The van der Waals surface area contributed by atoms with Crippen LogP contribution in [0.5, 0.6) is 11.5 Å². The summed E-state index contributed by atoms with van der Waals surface area (Å²) >= 11 is 0. The van der Waals surface area contributed by atoms with Crippen LogP contribution >= 0.6 is 0 Å². The maximum atomic E-state index is 13.1. The summed E-state index contributed by atoms with van der Waals surface area (Å²) in [4.78, 5) is 45.3. The van der Waals surface area contributed by atoms with E-state index in [0.717, 1.165) is 23.3 Å². The summed E-state index contributed by atoms with van der Waals surface area (Å²) in [5.74, 6) is 0.984. The highest BCUT2D eigenvalue weighted by Crippen LogP contribution is 2.30. The molecule has 0 atom stereocenters. The molecule has 1 saturated heterocycles. The lowest BCUT2D eigenvalue weighted by Gasteiger charge is -2.36. The molecular weight excluding hydrogens is 448 g/mol. The third-order valence-electron chi connectivity index (χ3n) is 6.17. The van der Waals surface area contributed by atoms with Gasteiger partial charge in [-0.05, 0) is 38.5 Å². The van der Waals surface area contributed by atoms with Gasteiger partial charge in [-0.15, -0.1) is 0 Å². The third-order valence-corrected chi connectivity index (χ3v) is 6.17. The van der Waals surface area contributed by atoms with E-state index in [1.165, 1.54) is 0 Å². The maximum absolute atomic E-state index is 13.1. The van der Waals surface area contributed by atoms with Crippen molar-refractivity contribution in [3.8, 4) is 11.5 Å². The van der Waals surface area contributed by atoms with Crippen molar-refractivity contribution >= 4 is 22.5 Å². The van der Waals surface area contributed by atoms with Crippen molar-refractivity contribution in [1.29, 1.82) is 0 Å². The van der Waals surface area contributed by atoms with Crippen molar-refractivity contribution in [2.75, 3.05) is 44.3 Å². The normalized spacial score (nSPS) is 13.8. The Morgan fingerprint density at radius 3 is 2.26 bits per heavy atom. The van der Waals surface area contributed by atoms with Gasteiger partial charge in [-0.1, -0.05) is 18.2 Å². The number of aromatic nitrogens is 2. The van der Waals surface area contributed by atoms with Gasteiger partial charge in [-0.2, -0.15) is 0 Å². The van der Waals surface area contributed by atoms with Crippen molar-refractivity contribution in [2.24, 2.45) is 0 Å². The second-order valence-corrected chi connectivity index (χ2v) is 8.40. The van der Waals surface area contributed by atoms with Crippen LogP contribution in [0, 0.1) is 0 Å². The lowest BCUT2D eigenvalue weighted by atomic mass is 10.2. The third kappa shape index (κ3) is 5.50. The molecule has 1 N–H and O–H groups in total. The van der Waals surface area contributed by atoms with E-state index in [-0.39, 0.29) is 18.9 Å². The van der Waals surface area contributed by atoms with Gasteiger partial charge < -0.3 is 24.3 Å². The van der Waals surface area contributed by atoms with E-state index >= 15 is 0 Å². The Bertz CT molecular complexity index is 1280. The lowest BCUT2D eigenvalue weighted by Crippen LogP contribution is -2.48. The largest absolute Gasteiger partial charge is 0.490 e. The fourth-order valence-corrected chi connectivity index (χ4v) is 4.40. The van der Waals surface area contributed by atoms with E-state index in [1.807, 2.05) is 36.9 Å². The Morgan fingerprint density at radius 2 is 1.60 bits per heavy atom. The number of nitrogens with zero attached hydrogens (tertiary/aromatic N) is 3. The molecule has 0 radical (unpaired) electrons. The zero-order valence-electron chi connectivity index (χ0n) is 20.3. The van der Waals surface area contributed by atoms with Crippen LogP contribution in [0.25, 0.3) is 10.9 Å². The van der Waals surface area contributed by atoms with Crippen LogP contribution in [0.1, 0.15) is 26.7 Å². The number of nitrogens with one attached hydrogen (secondary N) is 1. The summed E-state index contributed by atoms with van der Waals surface area (Å²) in [6, 6.07) is 13.4. The highest BCUT2D eigenvalue weighted by molar-refractivity contribution is 5.81. The Labute approximate surface area is 203 Å². The monoisotopic (exact) mass is 480 g/mol. The first-order valence-electron chi connectivity index (χ1n) is 12.2. The molecule has 9 nitrogen and oxygen atoms in total. The quantitative estimate of drug-likeness (QED) is 0.506. The van der Waals surface area contributed by atoms with Gasteiger partial charge >= 0.3 is 5.69 Å². The van der Waals surface area contributed by atoms with Gasteiger partial charge in [-0.3, -0.25) is 14.2 Å². The SMILES string of the molecule is CCOc1cc2[nH]c(=O)n(CCCC(=O)N3CCN(c4ccccc4)CC3)c(=O)c2cc1OCC. The molecule has 186 valence electrons. The van der Waals surface area contributed by atoms with Gasteiger partial charge in [0.1, 0.15) is 0 Å². The van der Waals surface area contributed by atoms with Crippen molar-refractivity contribution in [3.05, 3.63) is 63.3 Å². The number of ether oxygens (including phenoxy) is 2. The van der Waals surface area contributed by atoms with E-state index in [4.69, 9.17) is 9.47 Å². The number of anilines is 1. The second-order valence-electron chi connectivity index (χ2n) is 8.40. The number of fused-ring (bicyclic) bond motifs is 1. The van der Waals surface area contributed by atoms with E-state index in [0.29, 0.717) is 55.1 Å². The maximum Gasteiger partial charge on any atom is 0.328 e. The van der Waals surface area contributed by atoms with Gasteiger partial charge in [0.15, 0.2) is 11.5 Å². The summed E-state index contributed by atoms with van der Waals surface area (Å²) in [5, 5.41) is 0.347. The number of hydrogen-bond acceptors (Lipinski definition) is 6. The number of amides is 1. The van der Waals surface area contributed by atoms with Crippen LogP contribution < -0.4 is 25.6 Å². The molecular formula is C26H32N4O5. The van der Waals surface area contributed by atoms with Crippen molar-refractivity contribution in [1.82, 2.24) is 14.5 Å². The summed E-state index contributed by atoms with van der Waals surface area (Å²) in [6.45, 7) is 7.61. The second kappa shape index (κ2) is 11.1. The molecule has 1 aliphatic rings. The van der Waals surface area contributed by atoms with Gasteiger partial charge in [0.25, 0.3) is 5.56 Å². The molecule has 0 aliphatic carbocycles. The first-order valence-corrected chi connectivity index (χ1v) is 12.2. The van der Waals surface area contributed by atoms with Gasteiger partial charge in [0.05, 0.1) is 24.1 Å². The molecule has 2 heterocycles. The summed E-state index contributed by atoms with van der Waals surface area (Å²) < 4.78 is 12.4. The highest BCUT2D eigenvalue weighted by Gasteiger charge is 2.21. The van der Waals surface area contributed by atoms with Crippen LogP contribution in [-0.2, 0) is 11.3 Å². The summed E-state index contributed by atoms with van der Waals surface area (Å²) in [5.41, 5.74) is 0.653. The molecule has 1 fully saturated rings. The minimum atomic E-state index is -0.502. The molecule has 1 aliphatic heterocycles. The number of H-pyrrole nitrogens is 1. The molecule has 9 heteroatoms. The van der Waals surface area contributed by atoms with Gasteiger partial charge in [-0.25, -0.2) is 4.79 Å². The van der Waals surface area contributed by atoms with Crippen LogP contribution in [0.2, 0.25) is 0 Å². The zero-order chi connectivity index (χ0) is 24.8. The molecule has 4 rings (SSSR count). The molecule has 0 unspecified atom stereocenters. The standard InChI is InChI=1S/C26H32N4O5/c1-3-34-22-17-20-21(18-23(22)35-4-2)27-26(33)30(25(20)32)12-8-11-24(31)29-15-13-28(14-16-29)19-9-6-5-7-10-19/h5-7,9-10,17-18H,3-4,8,11-16H2,1-2H3,(H,27,33). The van der Waals surface area contributed by atoms with E-state index < -0.39 is 11.2 Å². The number of para-hydroxylation sites is 1. The van der Waals surface area contributed by atoms with Crippen molar-refractivity contribution in [3.63, 3.8) is 0 Å². The number of benzene rings is 2. The first-order chi connectivity index (χ1) is 17.0. The zero-order valence-corrected chi connectivity index (χ0v) is 20.3. The number of hydrogen-bond donors (Lipinski definition) is 1. The summed E-state index contributed by atoms with van der Waals surface area (Å²) in [7, 11) is 0. The minimum absolute atomic E-state index is 0.0444. The van der Waals surface area contributed by atoms with E-state index in [9.17, 15) is 14.4 Å². The molecule has 0 bridgehead atoms. The first kappa shape index (κ1) is 24.4. The van der Waals surface area contributed by atoms with Gasteiger partial charge in [0.2, 0.25) is 5.91 Å². The van der Waals surface area contributed by atoms with Crippen LogP contribution in [0.4, 0.5) is 5.69 Å². The molecule has 1 aromatic heterocycles. The Hall–Kier alpha value is -3.75. The Kier molecular flexibility index (Phi) is 7.74. The molecule has 2 aromatic carbocycles. The fraction of sp³-hybridized carbons (Fsp3) is 0.423. The van der Waals surface area contributed by atoms with Crippen LogP contribution in [0.15, 0.2) is 52.1 Å². The molecule has 1 amide bonds. The van der Waals surface area contributed by atoms with Gasteiger partial charge in [0, 0.05) is 50.9 Å². The molecule has 0 spiro atoms. The average molecular weight is 481 g/mol. The smallest absolute Gasteiger partial charge is 0.328 e. The Morgan fingerprint density at radius 1 is 0.943 bits per heavy atom. The van der Waals surface area contributed by atoms with Crippen molar-refractivity contribution < 1.29 is 14.3 Å². The van der Waals surface area contributed by atoms with E-state index in [1.54, 1.807) is 12.1 Å². The molecule has 35 heavy (non-hydrogen) atoms. The molecule has 0 saturated carbocycles.